The molecule has 5 nitrogen and oxygen atoms in total. The second-order valence-electron chi connectivity index (χ2n) is 5.51. The molecule has 0 spiro atoms. The molecule has 0 heterocycles. The van der Waals surface area contributed by atoms with Crippen molar-refractivity contribution in [1.82, 2.24) is 4.90 Å². The molecule has 3 N–H and O–H groups in total. The lowest BCUT2D eigenvalue weighted by molar-refractivity contribution is -0.131. The number of oxime groups is 1. The van der Waals surface area contributed by atoms with E-state index < -0.39 is 0 Å². The first-order valence-electron chi connectivity index (χ1n) is 6.61. The minimum atomic E-state index is 0.156. The normalized spacial score (nSPS) is 12.2. The van der Waals surface area contributed by atoms with Crippen molar-refractivity contribution in [3.05, 3.63) is 0 Å². The van der Waals surface area contributed by atoms with E-state index in [4.69, 9.17) is 10.9 Å². The SMILES string of the molecule is CC(C)CCC(=O)N(CCC(N)=NO)CC(C)C. The summed E-state index contributed by atoms with van der Waals surface area (Å²) in [6, 6.07) is 0. The summed E-state index contributed by atoms with van der Waals surface area (Å²) in [5.74, 6) is 1.27. The van der Waals surface area contributed by atoms with Gasteiger partial charge in [-0.1, -0.05) is 32.9 Å². The summed E-state index contributed by atoms with van der Waals surface area (Å²) in [5.41, 5.74) is 5.44. The number of carbonyl (C=O) groups excluding carboxylic acids is 1. The zero-order valence-electron chi connectivity index (χ0n) is 12.0. The van der Waals surface area contributed by atoms with Crippen molar-refractivity contribution in [3.8, 4) is 0 Å². The predicted molar refractivity (Wildman–Crippen MR) is 73.5 cm³/mol. The fourth-order valence-corrected chi connectivity index (χ4v) is 1.63. The summed E-state index contributed by atoms with van der Waals surface area (Å²) in [6.07, 6.45) is 1.88. The molecule has 0 aromatic rings. The molecule has 0 radical (unpaired) electrons. The van der Waals surface area contributed by atoms with E-state index in [1.54, 1.807) is 0 Å². The van der Waals surface area contributed by atoms with Crippen molar-refractivity contribution in [2.45, 2.75) is 47.0 Å². The van der Waals surface area contributed by atoms with E-state index in [2.05, 4.69) is 32.9 Å². The quantitative estimate of drug-likeness (QED) is 0.302. The lowest BCUT2D eigenvalue weighted by Crippen LogP contribution is -2.36. The van der Waals surface area contributed by atoms with Gasteiger partial charge in [-0.15, -0.1) is 0 Å². The Morgan fingerprint density at radius 3 is 2.28 bits per heavy atom. The Morgan fingerprint density at radius 2 is 1.83 bits per heavy atom. The van der Waals surface area contributed by atoms with Crippen molar-refractivity contribution >= 4 is 11.7 Å². The minimum absolute atomic E-state index is 0.156. The van der Waals surface area contributed by atoms with E-state index in [9.17, 15) is 4.79 Å². The van der Waals surface area contributed by atoms with Crippen LogP contribution in [0.3, 0.4) is 0 Å². The molecule has 0 fully saturated rings. The van der Waals surface area contributed by atoms with Gasteiger partial charge in [-0.3, -0.25) is 4.79 Å². The molecule has 0 aliphatic heterocycles. The van der Waals surface area contributed by atoms with Gasteiger partial charge in [0.2, 0.25) is 5.91 Å². The first kappa shape index (κ1) is 16.7. The third-order valence-corrected chi connectivity index (χ3v) is 2.64. The number of amidine groups is 1. The summed E-state index contributed by atoms with van der Waals surface area (Å²) in [5, 5.41) is 11.4. The highest BCUT2D eigenvalue weighted by molar-refractivity contribution is 5.81. The van der Waals surface area contributed by atoms with Gasteiger partial charge in [0.05, 0.1) is 0 Å². The van der Waals surface area contributed by atoms with Crippen LogP contribution in [0.4, 0.5) is 0 Å². The monoisotopic (exact) mass is 257 g/mol. The molecule has 5 heteroatoms. The van der Waals surface area contributed by atoms with Crippen molar-refractivity contribution in [2.75, 3.05) is 13.1 Å². The van der Waals surface area contributed by atoms with Gasteiger partial charge in [-0.2, -0.15) is 0 Å². The summed E-state index contributed by atoms with van der Waals surface area (Å²) < 4.78 is 0. The number of rotatable bonds is 8. The van der Waals surface area contributed by atoms with Gasteiger partial charge in [0, 0.05) is 25.9 Å². The van der Waals surface area contributed by atoms with Gasteiger partial charge in [0.25, 0.3) is 0 Å². The highest BCUT2D eigenvalue weighted by Crippen LogP contribution is 2.09. The Bertz CT molecular complexity index is 275. The summed E-state index contributed by atoms with van der Waals surface area (Å²) in [7, 11) is 0. The van der Waals surface area contributed by atoms with Crippen LogP contribution in [-0.4, -0.2) is 34.9 Å². The molecule has 0 aromatic heterocycles. The molecule has 0 saturated carbocycles. The number of amides is 1. The Kier molecular flexibility index (Phi) is 8.16. The van der Waals surface area contributed by atoms with Gasteiger partial charge < -0.3 is 15.8 Å². The summed E-state index contributed by atoms with van der Waals surface area (Å²) in [4.78, 5) is 13.9. The molecule has 0 saturated heterocycles. The summed E-state index contributed by atoms with van der Waals surface area (Å²) in [6.45, 7) is 9.60. The zero-order chi connectivity index (χ0) is 14.1. The molecular weight excluding hydrogens is 230 g/mol. The van der Waals surface area contributed by atoms with Gasteiger partial charge in [-0.25, -0.2) is 0 Å². The Balaban J connectivity index is 4.33. The third kappa shape index (κ3) is 7.92. The number of nitrogens with two attached hydrogens (primary N) is 1. The Hall–Kier alpha value is -1.26. The molecule has 18 heavy (non-hydrogen) atoms. The standard InChI is InChI=1S/C13H27N3O2/c1-10(2)5-6-13(17)16(9-11(3)4)8-7-12(14)15-18/h10-11,18H,5-9H2,1-4H3,(H2,14,15). The summed E-state index contributed by atoms with van der Waals surface area (Å²) >= 11 is 0. The van der Waals surface area contributed by atoms with E-state index in [0.29, 0.717) is 31.2 Å². The van der Waals surface area contributed by atoms with Crippen molar-refractivity contribution < 1.29 is 10.0 Å². The van der Waals surface area contributed by atoms with Gasteiger partial charge in [-0.05, 0) is 18.3 Å². The number of hydrogen-bond donors (Lipinski definition) is 2. The van der Waals surface area contributed by atoms with Crippen LogP contribution in [0.25, 0.3) is 0 Å². The van der Waals surface area contributed by atoms with E-state index >= 15 is 0 Å². The average molecular weight is 257 g/mol. The fourth-order valence-electron chi connectivity index (χ4n) is 1.63. The second-order valence-corrected chi connectivity index (χ2v) is 5.51. The molecule has 0 bridgehead atoms. The van der Waals surface area contributed by atoms with Crippen LogP contribution >= 0.6 is 0 Å². The maximum atomic E-state index is 12.1. The van der Waals surface area contributed by atoms with E-state index in [-0.39, 0.29) is 11.7 Å². The van der Waals surface area contributed by atoms with Gasteiger partial charge in [0.15, 0.2) is 0 Å². The van der Waals surface area contributed by atoms with Crippen LogP contribution in [-0.2, 0) is 4.79 Å². The predicted octanol–water partition coefficient (Wildman–Crippen LogP) is 2.04. The molecule has 0 unspecified atom stereocenters. The number of carbonyl (C=O) groups is 1. The molecule has 0 rings (SSSR count). The minimum Gasteiger partial charge on any atom is -0.409 e. The topological polar surface area (TPSA) is 78.9 Å². The molecule has 0 aromatic carbocycles. The Morgan fingerprint density at radius 1 is 1.22 bits per heavy atom. The van der Waals surface area contributed by atoms with Crippen LogP contribution in [0.15, 0.2) is 5.16 Å². The first-order valence-corrected chi connectivity index (χ1v) is 6.61. The smallest absolute Gasteiger partial charge is 0.222 e. The van der Waals surface area contributed by atoms with Crippen molar-refractivity contribution in [3.63, 3.8) is 0 Å². The number of nitrogens with zero attached hydrogens (tertiary/aromatic N) is 2. The molecule has 0 aliphatic rings. The molecule has 0 atom stereocenters. The largest absolute Gasteiger partial charge is 0.409 e. The van der Waals surface area contributed by atoms with Crippen molar-refractivity contribution in [1.29, 1.82) is 0 Å². The van der Waals surface area contributed by atoms with Crippen LogP contribution in [0.1, 0.15) is 47.0 Å². The second kappa shape index (κ2) is 8.78. The highest BCUT2D eigenvalue weighted by atomic mass is 16.4. The maximum absolute atomic E-state index is 12.1. The number of hydrogen-bond acceptors (Lipinski definition) is 3. The molecule has 106 valence electrons. The van der Waals surface area contributed by atoms with Crippen LogP contribution in [0.5, 0.6) is 0 Å². The van der Waals surface area contributed by atoms with Gasteiger partial charge in [0.1, 0.15) is 5.84 Å². The van der Waals surface area contributed by atoms with Crippen molar-refractivity contribution in [2.24, 2.45) is 22.7 Å². The first-order chi connectivity index (χ1) is 8.36. The van der Waals surface area contributed by atoms with Crippen LogP contribution < -0.4 is 5.73 Å². The lowest BCUT2D eigenvalue weighted by atomic mass is 10.1. The highest BCUT2D eigenvalue weighted by Gasteiger charge is 2.15. The molecule has 0 aliphatic carbocycles. The third-order valence-electron chi connectivity index (χ3n) is 2.64. The average Bonchev–Trinajstić information content (AvgIpc) is 2.30. The fraction of sp³-hybridized carbons (Fsp3) is 0.846. The lowest BCUT2D eigenvalue weighted by Gasteiger charge is -2.24. The maximum Gasteiger partial charge on any atom is 0.222 e. The van der Waals surface area contributed by atoms with Crippen LogP contribution in [0.2, 0.25) is 0 Å². The van der Waals surface area contributed by atoms with E-state index in [0.717, 1.165) is 13.0 Å². The zero-order valence-corrected chi connectivity index (χ0v) is 12.0. The van der Waals surface area contributed by atoms with E-state index in [1.165, 1.54) is 0 Å². The van der Waals surface area contributed by atoms with Crippen LogP contribution in [0, 0.1) is 11.8 Å². The van der Waals surface area contributed by atoms with E-state index in [1.807, 2.05) is 4.90 Å². The Labute approximate surface area is 110 Å². The molecule has 1 amide bonds. The van der Waals surface area contributed by atoms with Gasteiger partial charge >= 0.3 is 0 Å². The molecular formula is C13H27N3O2.